The van der Waals surface area contributed by atoms with Crippen LogP contribution in [0, 0.1) is 23.5 Å². The van der Waals surface area contributed by atoms with Crippen molar-refractivity contribution in [3.05, 3.63) is 143 Å². The van der Waals surface area contributed by atoms with E-state index in [1.807, 2.05) is 77.7 Å². The number of hydrogen-bond donors (Lipinski definition) is 4. The number of halogens is 2. The van der Waals surface area contributed by atoms with Crippen LogP contribution in [0.3, 0.4) is 0 Å². The second-order valence-corrected chi connectivity index (χ2v) is 19.1. The average Bonchev–Trinajstić information content (AvgIpc) is 3.94. The van der Waals surface area contributed by atoms with Crippen LogP contribution in [0.15, 0.2) is 109 Å². The molecule has 0 radical (unpaired) electrons. The Labute approximate surface area is 392 Å². The molecule has 2 saturated heterocycles. The molecule has 0 saturated carbocycles. The Balaban J connectivity index is 0.000000205. The first-order chi connectivity index (χ1) is 31.1. The molecule has 8 rings (SSSR count). The molecule has 1 amide bonds. The molecular formula is C55H74F2N6O3. The minimum absolute atomic E-state index is 0. The molecule has 4 aromatic carbocycles. The lowest BCUT2D eigenvalue weighted by Crippen LogP contribution is -2.50. The molecule has 9 nitrogen and oxygen atoms in total. The van der Waals surface area contributed by atoms with Crippen LogP contribution in [-0.4, -0.2) is 105 Å². The Morgan fingerprint density at radius 2 is 1.12 bits per heavy atom. The zero-order chi connectivity index (χ0) is 46.6. The van der Waals surface area contributed by atoms with Gasteiger partial charge in [-0.25, -0.2) is 13.6 Å². The van der Waals surface area contributed by atoms with Gasteiger partial charge in [0.25, 0.3) is 5.91 Å². The summed E-state index contributed by atoms with van der Waals surface area (Å²) in [6, 6.07) is 33.0. The van der Waals surface area contributed by atoms with E-state index in [0.717, 1.165) is 110 Å². The number of carbonyl (C=O) groups is 2. The number of hydrogen-bond acceptors (Lipinski definition) is 5. The Morgan fingerprint density at radius 1 is 0.667 bits per heavy atom. The number of H-pyrrole nitrogens is 2. The van der Waals surface area contributed by atoms with Gasteiger partial charge in [0.15, 0.2) is 0 Å². The van der Waals surface area contributed by atoms with Crippen LogP contribution in [0.2, 0.25) is 0 Å². The van der Waals surface area contributed by atoms with Crippen molar-refractivity contribution in [3.63, 3.8) is 0 Å². The lowest BCUT2D eigenvalue weighted by Gasteiger charge is -2.44. The van der Waals surface area contributed by atoms with Crippen molar-refractivity contribution in [1.82, 2.24) is 30.0 Å². The molecular weight excluding hydrogens is 831 g/mol. The number of piperidine rings is 2. The number of fused-ring (bicyclic) bond motifs is 2. The van der Waals surface area contributed by atoms with Gasteiger partial charge in [0, 0.05) is 46.0 Å². The van der Waals surface area contributed by atoms with Crippen LogP contribution in [0.25, 0.3) is 21.8 Å². The molecule has 2 aromatic heterocycles. The van der Waals surface area contributed by atoms with Crippen molar-refractivity contribution in [2.75, 3.05) is 52.4 Å². The molecule has 0 aliphatic carbocycles. The van der Waals surface area contributed by atoms with E-state index in [2.05, 4.69) is 66.6 Å². The van der Waals surface area contributed by atoms with E-state index < -0.39 is 5.97 Å². The highest BCUT2D eigenvalue weighted by molar-refractivity contribution is 5.98. The molecule has 356 valence electrons. The van der Waals surface area contributed by atoms with Crippen LogP contribution in [0.5, 0.6) is 0 Å². The van der Waals surface area contributed by atoms with Crippen LogP contribution in [0.4, 0.5) is 8.78 Å². The van der Waals surface area contributed by atoms with E-state index in [0.29, 0.717) is 18.2 Å². The summed E-state index contributed by atoms with van der Waals surface area (Å²) in [7, 11) is 0. The Hall–Kier alpha value is -5.36. The number of carboxylic acids is 1. The minimum Gasteiger partial charge on any atom is -0.477 e. The van der Waals surface area contributed by atoms with E-state index in [-0.39, 0.29) is 41.7 Å². The Bertz CT molecular complexity index is 2380. The lowest BCUT2D eigenvalue weighted by atomic mass is 9.88. The zero-order valence-electron chi connectivity index (χ0n) is 39.3. The van der Waals surface area contributed by atoms with Gasteiger partial charge >= 0.3 is 5.97 Å². The summed E-state index contributed by atoms with van der Waals surface area (Å²) in [4.78, 5) is 36.8. The van der Waals surface area contributed by atoms with Crippen molar-refractivity contribution < 1.29 is 23.5 Å². The maximum atomic E-state index is 13.6. The van der Waals surface area contributed by atoms with E-state index in [1.165, 1.54) is 25.0 Å². The first-order valence-electron chi connectivity index (χ1n) is 23.5. The van der Waals surface area contributed by atoms with Gasteiger partial charge in [0.2, 0.25) is 0 Å². The number of amides is 1. The molecule has 0 atom stereocenters. The number of nitrogens with one attached hydrogen (secondary N) is 3. The molecule has 2 aliphatic heterocycles. The van der Waals surface area contributed by atoms with E-state index in [4.69, 9.17) is 5.11 Å². The number of benzene rings is 4. The molecule has 6 aromatic rings. The molecule has 0 bridgehead atoms. The summed E-state index contributed by atoms with van der Waals surface area (Å²) in [6.45, 7) is 21.3. The molecule has 4 heterocycles. The number of likely N-dealkylation sites (tertiary alicyclic amines) is 2. The summed E-state index contributed by atoms with van der Waals surface area (Å²) < 4.78 is 26.9. The third kappa shape index (κ3) is 14.3. The van der Waals surface area contributed by atoms with E-state index in [1.54, 1.807) is 24.3 Å². The number of rotatable bonds is 14. The number of nitrogens with zero attached hydrogens (tertiary/aromatic N) is 3. The standard InChI is InChI=1S/C27H34FN3O.C18H29FN2.C9H7NO2.CH4/c1-4-30(26(32)25-17-22-9-5-6-11-24(22)29-25)19-20-12-14-31(15-13-20)27(2,3)18-21-8-7-10-23(28)16-21;1-4-20-14-15-8-10-21(11-9-15)18(2,3)13-16-6-5-7-17(19)12-16;11-9(12)8-5-6-3-1-2-4-7(6)10-8;/h5-11,16-17,20,29H,4,12-15,18-19H2,1-3H3;5-7,12,15,20H,4,8-11,13-14H2,1-3H3;1-5,10H,(H,11,12);1H4. The summed E-state index contributed by atoms with van der Waals surface area (Å²) in [5.41, 5.74) is 4.96. The summed E-state index contributed by atoms with van der Waals surface area (Å²) in [5.74, 6) is 0.170. The zero-order valence-corrected chi connectivity index (χ0v) is 39.3. The van der Waals surface area contributed by atoms with E-state index in [9.17, 15) is 18.4 Å². The number of aromatic nitrogens is 2. The maximum absolute atomic E-state index is 13.6. The fourth-order valence-corrected chi connectivity index (χ4v) is 9.54. The number of para-hydroxylation sites is 2. The molecule has 0 unspecified atom stereocenters. The largest absolute Gasteiger partial charge is 0.477 e. The number of carbonyl (C=O) groups excluding carboxylic acids is 1. The first kappa shape index (κ1) is 51.6. The topological polar surface area (TPSA) is 108 Å². The van der Waals surface area contributed by atoms with Crippen LogP contribution >= 0.6 is 0 Å². The number of carboxylic acid groups (broad SMARTS) is 1. The minimum atomic E-state index is -0.925. The van der Waals surface area contributed by atoms with Crippen molar-refractivity contribution in [2.45, 2.75) is 98.6 Å². The highest BCUT2D eigenvalue weighted by Crippen LogP contribution is 2.29. The number of aromatic carboxylic acids is 1. The van der Waals surface area contributed by atoms with Crippen molar-refractivity contribution in [3.8, 4) is 0 Å². The lowest BCUT2D eigenvalue weighted by molar-refractivity contribution is 0.0546. The summed E-state index contributed by atoms with van der Waals surface area (Å²) in [5, 5.41) is 14.1. The average molecular weight is 905 g/mol. The molecule has 4 N–H and O–H groups in total. The third-order valence-electron chi connectivity index (χ3n) is 13.3. The second-order valence-electron chi connectivity index (χ2n) is 19.1. The first-order valence-corrected chi connectivity index (χ1v) is 23.5. The van der Waals surface area contributed by atoms with Crippen LogP contribution < -0.4 is 5.32 Å². The van der Waals surface area contributed by atoms with Crippen molar-refractivity contribution in [2.24, 2.45) is 11.8 Å². The van der Waals surface area contributed by atoms with Gasteiger partial charge < -0.3 is 25.3 Å². The van der Waals surface area contributed by atoms with Crippen molar-refractivity contribution in [1.29, 1.82) is 0 Å². The maximum Gasteiger partial charge on any atom is 0.352 e. The SMILES string of the molecule is C.CCN(CC1CCN(C(C)(C)Cc2cccc(F)c2)CC1)C(=O)c1cc2ccccc2[nH]1.CCNCC1CCN(C(C)(C)Cc2cccc(F)c2)CC1.O=C(O)c1cc2ccccc2[nH]1. The fraction of sp³-hybridized carbons (Fsp3) is 0.455. The van der Waals surface area contributed by atoms with Gasteiger partial charge in [0.05, 0.1) is 0 Å². The quantitative estimate of drug-likeness (QED) is 0.0867. The molecule has 66 heavy (non-hydrogen) atoms. The Morgan fingerprint density at radius 3 is 1.56 bits per heavy atom. The van der Waals surface area contributed by atoms with E-state index >= 15 is 0 Å². The van der Waals surface area contributed by atoms with Gasteiger partial charge in [-0.15, -0.1) is 0 Å². The molecule has 11 heteroatoms. The third-order valence-corrected chi connectivity index (χ3v) is 13.3. The van der Waals surface area contributed by atoms with Gasteiger partial charge in [-0.1, -0.05) is 75.0 Å². The highest BCUT2D eigenvalue weighted by Gasteiger charge is 2.33. The second kappa shape index (κ2) is 23.9. The molecule has 0 spiro atoms. The smallest absolute Gasteiger partial charge is 0.352 e. The van der Waals surface area contributed by atoms with Gasteiger partial charge in [-0.3, -0.25) is 14.6 Å². The van der Waals surface area contributed by atoms with Crippen LogP contribution in [0.1, 0.15) is 107 Å². The van der Waals surface area contributed by atoms with Gasteiger partial charge in [-0.2, -0.15) is 0 Å². The predicted octanol–water partition coefficient (Wildman–Crippen LogP) is 11.5. The monoisotopic (exact) mass is 905 g/mol. The highest BCUT2D eigenvalue weighted by atomic mass is 19.1. The number of aromatic amines is 2. The fourth-order valence-electron chi connectivity index (χ4n) is 9.54. The normalized spacial score (nSPS) is 15.3. The Kier molecular flexibility index (Phi) is 18.7. The van der Waals surface area contributed by atoms with Gasteiger partial charge in [0.1, 0.15) is 23.0 Å². The van der Waals surface area contributed by atoms with Crippen LogP contribution in [-0.2, 0) is 12.8 Å². The van der Waals surface area contributed by atoms with Crippen molar-refractivity contribution >= 4 is 33.7 Å². The van der Waals surface area contributed by atoms with Gasteiger partial charge in [-0.05, 0) is 184 Å². The molecule has 2 aliphatic rings. The summed E-state index contributed by atoms with van der Waals surface area (Å²) in [6.07, 6.45) is 6.41. The molecule has 2 fully saturated rings. The summed E-state index contributed by atoms with van der Waals surface area (Å²) >= 11 is 0. The predicted molar refractivity (Wildman–Crippen MR) is 267 cm³/mol.